The molecule has 3 nitrogen and oxygen atoms in total. The van der Waals surface area contributed by atoms with Crippen LogP contribution in [-0.4, -0.2) is 17.1 Å². The van der Waals surface area contributed by atoms with Crippen molar-refractivity contribution in [2.24, 2.45) is 5.92 Å². The number of allylic oxidation sites excluding steroid dienone is 2. The Morgan fingerprint density at radius 1 is 1.16 bits per heavy atom. The molecule has 2 aromatic rings. The van der Waals surface area contributed by atoms with Crippen LogP contribution in [0, 0.1) is 5.92 Å². The summed E-state index contributed by atoms with van der Waals surface area (Å²) in [6, 6.07) is 14.5. The summed E-state index contributed by atoms with van der Waals surface area (Å²) in [5.41, 5.74) is 5.30. The molecule has 0 spiro atoms. The van der Waals surface area contributed by atoms with Crippen LogP contribution in [0.1, 0.15) is 27.2 Å². The van der Waals surface area contributed by atoms with Gasteiger partial charge in [0.2, 0.25) is 0 Å². The molecule has 0 aromatic heterocycles. The average molecular weight is 375 g/mol. The third-order valence-corrected chi connectivity index (χ3v) is 5.19. The number of rotatable bonds is 7. The SMILES string of the molecule is CSC(=S)NCCC(C)C(ONc1cccc2ccccc12)=C(C)C. The number of hydrogen-bond acceptors (Lipinski definition) is 4. The molecule has 2 rings (SSSR count). The third kappa shape index (κ3) is 5.65. The van der Waals surface area contributed by atoms with Gasteiger partial charge < -0.3 is 10.2 Å². The molecular weight excluding hydrogens is 348 g/mol. The maximum Gasteiger partial charge on any atom is 0.133 e. The smallest absolute Gasteiger partial charge is 0.133 e. The van der Waals surface area contributed by atoms with Gasteiger partial charge in [-0.05, 0) is 43.5 Å². The van der Waals surface area contributed by atoms with Crippen molar-refractivity contribution in [3.63, 3.8) is 0 Å². The molecule has 134 valence electrons. The van der Waals surface area contributed by atoms with E-state index in [-0.39, 0.29) is 0 Å². The molecule has 25 heavy (non-hydrogen) atoms. The highest BCUT2D eigenvalue weighted by molar-refractivity contribution is 8.22. The van der Waals surface area contributed by atoms with Crippen molar-refractivity contribution < 1.29 is 4.84 Å². The zero-order valence-corrected chi connectivity index (χ0v) is 16.9. The molecule has 0 saturated heterocycles. The van der Waals surface area contributed by atoms with E-state index in [0.29, 0.717) is 5.92 Å². The summed E-state index contributed by atoms with van der Waals surface area (Å²) in [6.07, 6.45) is 2.94. The van der Waals surface area contributed by atoms with Gasteiger partial charge >= 0.3 is 0 Å². The lowest BCUT2D eigenvalue weighted by atomic mass is 10.0. The molecule has 0 aliphatic carbocycles. The van der Waals surface area contributed by atoms with E-state index in [1.165, 1.54) is 11.0 Å². The first kappa shape index (κ1) is 19.6. The number of hydrogen-bond donors (Lipinski definition) is 2. The molecule has 2 aromatic carbocycles. The number of fused-ring (bicyclic) bond motifs is 1. The maximum atomic E-state index is 6.01. The van der Waals surface area contributed by atoms with Crippen molar-refractivity contribution in [3.8, 4) is 0 Å². The van der Waals surface area contributed by atoms with Gasteiger partial charge in [-0.2, -0.15) is 0 Å². The van der Waals surface area contributed by atoms with Crippen LogP contribution in [0.3, 0.4) is 0 Å². The molecule has 0 heterocycles. The first-order valence-electron chi connectivity index (χ1n) is 8.42. The normalized spacial score (nSPS) is 11.7. The summed E-state index contributed by atoms with van der Waals surface area (Å²) >= 11 is 6.75. The largest absolute Gasteiger partial charge is 0.386 e. The van der Waals surface area contributed by atoms with Crippen molar-refractivity contribution in [2.45, 2.75) is 27.2 Å². The average Bonchev–Trinajstić information content (AvgIpc) is 2.61. The standard InChI is InChI=1S/C20H26N2OS2/c1-14(2)19(15(3)12-13-21-20(24)25-4)23-22-18-11-7-9-16-8-5-6-10-17(16)18/h5-11,15,22H,12-13H2,1-4H3,(H,21,24). The Morgan fingerprint density at radius 3 is 2.60 bits per heavy atom. The lowest BCUT2D eigenvalue weighted by Crippen LogP contribution is -2.22. The number of benzene rings is 2. The number of thioether (sulfide) groups is 1. The minimum atomic E-state index is 0.296. The lowest BCUT2D eigenvalue weighted by molar-refractivity contribution is 0.233. The molecule has 0 radical (unpaired) electrons. The van der Waals surface area contributed by atoms with Crippen molar-refractivity contribution in [3.05, 3.63) is 53.8 Å². The first-order chi connectivity index (χ1) is 12.0. The minimum Gasteiger partial charge on any atom is -0.386 e. The van der Waals surface area contributed by atoms with Crippen molar-refractivity contribution in [1.29, 1.82) is 0 Å². The van der Waals surface area contributed by atoms with Crippen LogP contribution < -0.4 is 10.8 Å². The van der Waals surface area contributed by atoms with Crippen LogP contribution in [-0.2, 0) is 4.84 Å². The summed E-state index contributed by atoms with van der Waals surface area (Å²) in [7, 11) is 0. The molecule has 2 N–H and O–H groups in total. The highest BCUT2D eigenvalue weighted by Crippen LogP contribution is 2.25. The Bertz CT molecular complexity index is 749. The Hall–Kier alpha value is -1.72. The highest BCUT2D eigenvalue weighted by atomic mass is 32.2. The topological polar surface area (TPSA) is 33.3 Å². The second-order valence-electron chi connectivity index (χ2n) is 6.20. The van der Waals surface area contributed by atoms with Crippen LogP contribution >= 0.6 is 24.0 Å². The second-order valence-corrected chi connectivity index (χ2v) is 7.69. The zero-order valence-electron chi connectivity index (χ0n) is 15.3. The highest BCUT2D eigenvalue weighted by Gasteiger charge is 2.13. The minimum absolute atomic E-state index is 0.296. The summed E-state index contributed by atoms with van der Waals surface area (Å²) in [5, 5.41) is 5.59. The van der Waals surface area contributed by atoms with Gasteiger partial charge in [0.05, 0.1) is 5.69 Å². The quantitative estimate of drug-likeness (QED) is 0.367. The summed E-state index contributed by atoms with van der Waals surface area (Å²) in [4.78, 5) is 6.01. The number of anilines is 1. The number of nitrogens with one attached hydrogen (secondary N) is 2. The Labute approximate surface area is 160 Å². The molecule has 1 atom stereocenters. The molecular formula is C20H26N2OS2. The molecule has 0 fully saturated rings. The Balaban J connectivity index is 2.02. The van der Waals surface area contributed by atoms with Gasteiger partial charge in [-0.3, -0.25) is 0 Å². The predicted molar refractivity (Wildman–Crippen MR) is 115 cm³/mol. The third-order valence-electron chi connectivity index (χ3n) is 4.03. The molecule has 0 aliphatic heterocycles. The fraction of sp³-hybridized carbons (Fsp3) is 0.350. The van der Waals surface area contributed by atoms with E-state index >= 15 is 0 Å². The molecule has 1 unspecified atom stereocenters. The van der Waals surface area contributed by atoms with Crippen LogP contribution in [0.2, 0.25) is 0 Å². The van der Waals surface area contributed by atoms with Crippen LogP contribution in [0.4, 0.5) is 5.69 Å². The Kier molecular flexibility index (Phi) is 7.59. The number of thiocarbonyl (C=S) groups is 1. The van der Waals surface area contributed by atoms with Crippen molar-refractivity contribution in [2.75, 3.05) is 18.3 Å². The Morgan fingerprint density at radius 2 is 1.88 bits per heavy atom. The van der Waals surface area contributed by atoms with Gasteiger partial charge in [0.15, 0.2) is 0 Å². The van der Waals surface area contributed by atoms with E-state index in [9.17, 15) is 0 Å². The molecule has 0 amide bonds. The van der Waals surface area contributed by atoms with Gasteiger partial charge in [0.1, 0.15) is 10.1 Å². The van der Waals surface area contributed by atoms with Gasteiger partial charge in [-0.25, -0.2) is 5.48 Å². The van der Waals surface area contributed by atoms with Crippen molar-refractivity contribution >= 4 is 44.8 Å². The molecule has 5 heteroatoms. The van der Waals surface area contributed by atoms with Crippen LogP contribution in [0.15, 0.2) is 53.8 Å². The fourth-order valence-electron chi connectivity index (χ4n) is 2.71. The zero-order chi connectivity index (χ0) is 18.2. The first-order valence-corrected chi connectivity index (χ1v) is 10.1. The van der Waals surface area contributed by atoms with E-state index in [4.69, 9.17) is 17.1 Å². The van der Waals surface area contributed by atoms with Crippen LogP contribution in [0.5, 0.6) is 0 Å². The monoisotopic (exact) mass is 374 g/mol. The van der Waals surface area contributed by atoms with E-state index in [2.05, 4.69) is 49.8 Å². The van der Waals surface area contributed by atoms with Crippen molar-refractivity contribution in [1.82, 2.24) is 5.32 Å². The molecule has 0 saturated carbocycles. The van der Waals surface area contributed by atoms with E-state index < -0.39 is 0 Å². The van der Waals surface area contributed by atoms with E-state index in [1.54, 1.807) is 11.8 Å². The van der Waals surface area contributed by atoms with E-state index in [0.717, 1.165) is 34.1 Å². The summed E-state index contributed by atoms with van der Waals surface area (Å²) < 4.78 is 0.834. The predicted octanol–water partition coefficient (Wildman–Crippen LogP) is 5.74. The van der Waals surface area contributed by atoms with Gasteiger partial charge in [0.25, 0.3) is 0 Å². The van der Waals surface area contributed by atoms with Gasteiger partial charge in [-0.15, -0.1) is 11.8 Å². The molecule has 0 aliphatic rings. The van der Waals surface area contributed by atoms with Gasteiger partial charge in [0, 0.05) is 17.8 Å². The summed E-state index contributed by atoms with van der Waals surface area (Å²) in [5.74, 6) is 1.27. The summed E-state index contributed by atoms with van der Waals surface area (Å²) in [6.45, 7) is 7.18. The lowest BCUT2D eigenvalue weighted by Gasteiger charge is -2.20. The van der Waals surface area contributed by atoms with Gasteiger partial charge in [-0.1, -0.05) is 55.5 Å². The van der Waals surface area contributed by atoms with Crippen LogP contribution in [0.25, 0.3) is 10.8 Å². The fourth-order valence-corrected chi connectivity index (χ4v) is 3.06. The second kappa shape index (κ2) is 9.68. The molecule has 0 bridgehead atoms. The van der Waals surface area contributed by atoms with E-state index in [1.807, 2.05) is 30.5 Å². The maximum absolute atomic E-state index is 6.01.